The zero-order chi connectivity index (χ0) is 17.9. The lowest BCUT2D eigenvalue weighted by Gasteiger charge is -2.36. The number of imide groups is 1. The second-order valence-corrected chi connectivity index (χ2v) is 5.77. The zero-order valence-electron chi connectivity index (χ0n) is 13.2. The van der Waals surface area contributed by atoms with Crippen LogP contribution < -0.4 is 20.9 Å². The van der Waals surface area contributed by atoms with Gasteiger partial charge in [0.2, 0.25) is 0 Å². The fourth-order valence-corrected chi connectivity index (χ4v) is 2.78. The molecule has 4 N–H and O–H groups in total. The first-order valence-corrected chi connectivity index (χ1v) is 7.55. The summed E-state index contributed by atoms with van der Waals surface area (Å²) in [5, 5.41) is 2.05. The van der Waals surface area contributed by atoms with Gasteiger partial charge in [-0.25, -0.2) is 4.79 Å². The Morgan fingerprint density at radius 2 is 1.92 bits per heavy atom. The van der Waals surface area contributed by atoms with Crippen molar-refractivity contribution in [2.24, 2.45) is 5.73 Å². The average molecular weight is 345 g/mol. The number of carbonyl (C=O) groups is 2. The number of primary amides is 1. The number of piperazine rings is 1. The molecular weight excluding hydrogens is 325 g/mol. The van der Waals surface area contributed by atoms with Crippen LogP contribution in [-0.2, 0) is 11.0 Å². The zero-order valence-corrected chi connectivity index (χ0v) is 13.2. The molecule has 132 valence electrons. The number of anilines is 1. The number of rotatable bonds is 3. The molecule has 1 aromatic rings. The van der Waals surface area contributed by atoms with Crippen LogP contribution in [0.5, 0.6) is 0 Å². The van der Waals surface area contributed by atoms with Gasteiger partial charge in [0.05, 0.1) is 31.7 Å². The molecule has 2 rings (SSSR count). The number of halogens is 3. The lowest BCUT2D eigenvalue weighted by atomic mass is 10.1. The molecule has 9 heteroatoms. The molecular formula is C15H20F3N4O2+. The second kappa shape index (κ2) is 7.08. The van der Waals surface area contributed by atoms with E-state index >= 15 is 0 Å². The number of alkyl halides is 3. The highest BCUT2D eigenvalue weighted by atomic mass is 19.4. The van der Waals surface area contributed by atoms with Gasteiger partial charge in [0, 0.05) is 5.69 Å². The summed E-state index contributed by atoms with van der Waals surface area (Å²) in [5.74, 6) is -0.454. The van der Waals surface area contributed by atoms with Crippen molar-refractivity contribution in [1.82, 2.24) is 5.32 Å². The third kappa shape index (κ3) is 4.38. The molecule has 1 aromatic carbocycles. The molecule has 0 spiro atoms. The Balaban J connectivity index is 1.98. The van der Waals surface area contributed by atoms with Crippen molar-refractivity contribution in [1.29, 1.82) is 0 Å². The van der Waals surface area contributed by atoms with Crippen LogP contribution in [0, 0.1) is 0 Å². The van der Waals surface area contributed by atoms with Gasteiger partial charge < -0.3 is 15.5 Å². The number of hydrogen-bond donors (Lipinski definition) is 3. The van der Waals surface area contributed by atoms with Crippen LogP contribution in [0.2, 0.25) is 0 Å². The van der Waals surface area contributed by atoms with E-state index in [1.165, 1.54) is 6.07 Å². The number of nitrogens with one attached hydrogen (secondary N) is 2. The fourth-order valence-electron chi connectivity index (χ4n) is 2.78. The van der Waals surface area contributed by atoms with Crippen LogP contribution in [0.15, 0.2) is 24.3 Å². The molecule has 1 aliphatic heterocycles. The minimum Gasteiger partial charge on any atom is -0.360 e. The molecule has 0 radical (unpaired) electrons. The van der Waals surface area contributed by atoms with Crippen LogP contribution in [0.4, 0.5) is 23.7 Å². The van der Waals surface area contributed by atoms with Crippen LogP contribution in [0.1, 0.15) is 12.5 Å². The number of urea groups is 1. The van der Waals surface area contributed by atoms with Crippen molar-refractivity contribution >= 4 is 17.6 Å². The minimum absolute atomic E-state index is 0.454. The van der Waals surface area contributed by atoms with Crippen molar-refractivity contribution < 1.29 is 27.7 Å². The fraction of sp³-hybridized carbons (Fsp3) is 0.467. The Morgan fingerprint density at radius 1 is 1.29 bits per heavy atom. The lowest BCUT2D eigenvalue weighted by Crippen LogP contribution is -3.19. The molecule has 24 heavy (non-hydrogen) atoms. The molecule has 3 amide bonds. The molecule has 0 aromatic heterocycles. The molecule has 0 unspecified atom stereocenters. The van der Waals surface area contributed by atoms with Crippen molar-refractivity contribution in [2.45, 2.75) is 19.1 Å². The molecule has 1 heterocycles. The average Bonchev–Trinajstić information content (AvgIpc) is 2.53. The van der Waals surface area contributed by atoms with Crippen LogP contribution >= 0.6 is 0 Å². The topological polar surface area (TPSA) is 79.9 Å². The summed E-state index contributed by atoms with van der Waals surface area (Å²) in [4.78, 5) is 25.3. The molecule has 1 atom stereocenters. The van der Waals surface area contributed by atoms with Gasteiger partial charge >= 0.3 is 12.2 Å². The first-order valence-electron chi connectivity index (χ1n) is 7.55. The Hall–Kier alpha value is -2.29. The lowest BCUT2D eigenvalue weighted by molar-refractivity contribution is -0.914. The summed E-state index contributed by atoms with van der Waals surface area (Å²) in [6.45, 7) is 3.87. The van der Waals surface area contributed by atoms with E-state index < -0.39 is 29.7 Å². The van der Waals surface area contributed by atoms with Crippen LogP contribution in [0.25, 0.3) is 0 Å². The number of carbonyl (C=O) groups excluding carboxylic acids is 2. The van der Waals surface area contributed by atoms with Gasteiger partial charge in [-0.1, -0.05) is 6.07 Å². The monoisotopic (exact) mass is 345 g/mol. The van der Waals surface area contributed by atoms with Crippen molar-refractivity contribution in [3.05, 3.63) is 29.8 Å². The molecule has 1 fully saturated rings. The van der Waals surface area contributed by atoms with E-state index in [0.717, 1.165) is 17.0 Å². The third-order valence-corrected chi connectivity index (χ3v) is 4.20. The summed E-state index contributed by atoms with van der Waals surface area (Å²) in [6.07, 6.45) is -4.37. The highest BCUT2D eigenvalue weighted by Crippen LogP contribution is 2.31. The first kappa shape index (κ1) is 18.1. The SMILES string of the molecule is C[C@@H](C(=O)NC(N)=O)[NH+]1CCN(c2cccc(C(F)(F)F)c2)CC1. The van der Waals surface area contributed by atoms with Crippen LogP contribution in [0.3, 0.4) is 0 Å². The number of quaternary nitrogens is 1. The minimum atomic E-state index is -4.37. The molecule has 0 aliphatic carbocycles. The number of amides is 3. The van der Waals surface area contributed by atoms with Crippen molar-refractivity contribution in [3.8, 4) is 0 Å². The smallest absolute Gasteiger partial charge is 0.360 e. The maximum Gasteiger partial charge on any atom is 0.416 e. The molecule has 1 saturated heterocycles. The van der Waals surface area contributed by atoms with E-state index in [1.807, 2.05) is 10.2 Å². The Labute approximate surface area is 137 Å². The van der Waals surface area contributed by atoms with Gasteiger partial charge in [-0.05, 0) is 25.1 Å². The first-order chi connectivity index (χ1) is 11.2. The standard InChI is InChI=1S/C15H19F3N4O2/c1-10(13(23)20-14(19)24)21-5-7-22(8-6-21)12-4-2-3-11(9-12)15(16,17)18/h2-4,9-10H,5-8H2,1H3,(H3,19,20,23,24)/p+1/t10-/m0/s1. The second-order valence-electron chi connectivity index (χ2n) is 5.77. The predicted molar refractivity (Wildman–Crippen MR) is 81.5 cm³/mol. The number of nitrogens with two attached hydrogens (primary N) is 1. The number of hydrogen-bond acceptors (Lipinski definition) is 3. The van der Waals surface area contributed by atoms with E-state index in [0.29, 0.717) is 31.9 Å². The quantitative estimate of drug-likeness (QED) is 0.721. The summed E-state index contributed by atoms with van der Waals surface area (Å²) in [7, 11) is 0. The summed E-state index contributed by atoms with van der Waals surface area (Å²) >= 11 is 0. The van der Waals surface area contributed by atoms with Crippen molar-refractivity contribution in [3.63, 3.8) is 0 Å². The number of benzene rings is 1. The van der Waals surface area contributed by atoms with Gasteiger partial charge in [0.1, 0.15) is 0 Å². The van der Waals surface area contributed by atoms with Crippen molar-refractivity contribution in [2.75, 3.05) is 31.1 Å². The predicted octanol–water partition coefficient (Wildman–Crippen LogP) is -0.00630. The summed E-state index contributed by atoms with van der Waals surface area (Å²) in [6, 6.07) is 3.86. The normalized spacial score (nSPS) is 17.4. The Morgan fingerprint density at radius 3 is 2.46 bits per heavy atom. The van der Waals surface area contributed by atoms with E-state index in [1.54, 1.807) is 13.0 Å². The summed E-state index contributed by atoms with van der Waals surface area (Å²) in [5.41, 5.74) is 4.76. The van der Waals surface area contributed by atoms with Gasteiger partial charge in [-0.2, -0.15) is 13.2 Å². The van der Waals surface area contributed by atoms with Gasteiger partial charge in [-0.3, -0.25) is 10.1 Å². The van der Waals surface area contributed by atoms with Gasteiger partial charge in [0.25, 0.3) is 5.91 Å². The van der Waals surface area contributed by atoms with Gasteiger partial charge in [0.15, 0.2) is 6.04 Å². The maximum absolute atomic E-state index is 12.8. The number of nitrogens with zero attached hydrogens (tertiary/aromatic N) is 1. The van der Waals surface area contributed by atoms with E-state index in [4.69, 9.17) is 5.73 Å². The highest BCUT2D eigenvalue weighted by Gasteiger charge is 2.32. The third-order valence-electron chi connectivity index (χ3n) is 4.20. The highest BCUT2D eigenvalue weighted by molar-refractivity contribution is 5.95. The van der Waals surface area contributed by atoms with Gasteiger partial charge in [-0.15, -0.1) is 0 Å². The maximum atomic E-state index is 12.8. The summed E-state index contributed by atoms with van der Waals surface area (Å²) < 4.78 is 38.4. The molecule has 1 aliphatic rings. The molecule has 6 nitrogen and oxygen atoms in total. The molecule has 0 bridgehead atoms. The van der Waals surface area contributed by atoms with E-state index in [9.17, 15) is 22.8 Å². The Bertz CT molecular complexity index is 613. The van der Waals surface area contributed by atoms with E-state index in [-0.39, 0.29) is 0 Å². The molecule has 0 saturated carbocycles. The Kier molecular flexibility index (Phi) is 5.33. The van der Waals surface area contributed by atoms with Crippen LogP contribution in [-0.4, -0.2) is 44.2 Å². The van der Waals surface area contributed by atoms with E-state index in [2.05, 4.69) is 0 Å². The largest absolute Gasteiger partial charge is 0.416 e.